The molecule has 0 unspecified atom stereocenters. The Hall–Kier alpha value is -3.33. The van der Waals surface area contributed by atoms with Crippen LogP contribution in [0, 0.1) is 5.92 Å². The van der Waals surface area contributed by atoms with Crippen molar-refractivity contribution in [3.63, 3.8) is 0 Å². The maximum atomic E-state index is 13.0. The zero-order valence-corrected chi connectivity index (χ0v) is 20.3. The summed E-state index contributed by atoms with van der Waals surface area (Å²) in [6.45, 7) is 10.5. The number of nitrogens with one attached hydrogen (secondary N) is 2. The lowest BCUT2D eigenvalue weighted by Gasteiger charge is -2.17. The molecule has 33 heavy (non-hydrogen) atoms. The van der Waals surface area contributed by atoms with Crippen molar-refractivity contribution in [2.24, 2.45) is 5.92 Å². The Bertz CT molecular complexity index is 1120. The maximum Gasteiger partial charge on any atom is 0.255 e. The molecular formula is C24H29N3O5S. The third kappa shape index (κ3) is 5.92. The zero-order chi connectivity index (χ0) is 24.0. The van der Waals surface area contributed by atoms with E-state index in [1.54, 1.807) is 24.3 Å². The molecule has 3 aromatic rings. The minimum absolute atomic E-state index is 0.0895. The Kier molecular flexibility index (Phi) is 8.11. The zero-order valence-electron chi connectivity index (χ0n) is 19.5. The van der Waals surface area contributed by atoms with E-state index in [0.29, 0.717) is 59.0 Å². The van der Waals surface area contributed by atoms with Gasteiger partial charge in [-0.05, 0) is 51.1 Å². The quantitative estimate of drug-likeness (QED) is 0.414. The van der Waals surface area contributed by atoms with Gasteiger partial charge in [0, 0.05) is 17.2 Å². The van der Waals surface area contributed by atoms with Gasteiger partial charge >= 0.3 is 0 Å². The first-order valence-corrected chi connectivity index (χ1v) is 11.8. The van der Waals surface area contributed by atoms with Crippen LogP contribution in [0.5, 0.6) is 17.2 Å². The van der Waals surface area contributed by atoms with Gasteiger partial charge in [-0.15, -0.1) is 0 Å². The summed E-state index contributed by atoms with van der Waals surface area (Å²) >= 11 is 1.39. The van der Waals surface area contributed by atoms with Crippen LogP contribution in [0.3, 0.4) is 0 Å². The number of aromatic nitrogens is 1. The average Bonchev–Trinajstić information content (AvgIpc) is 3.17. The van der Waals surface area contributed by atoms with E-state index in [0.717, 1.165) is 4.70 Å². The van der Waals surface area contributed by atoms with Crippen molar-refractivity contribution in [3.05, 3.63) is 35.9 Å². The maximum absolute atomic E-state index is 13.0. The van der Waals surface area contributed by atoms with Crippen molar-refractivity contribution >= 4 is 44.2 Å². The van der Waals surface area contributed by atoms with Gasteiger partial charge in [-0.25, -0.2) is 4.98 Å². The van der Waals surface area contributed by atoms with Crippen molar-refractivity contribution in [2.75, 3.05) is 30.5 Å². The van der Waals surface area contributed by atoms with Gasteiger partial charge in [0.1, 0.15) is 0 Å². The van der Waals surface area contributed by atoms with Crippen LogP contribution in [0.1, 0.15) is 45.0 Å². The number of amides is 2. The standard InChI is InChI=1S/C24H29N3O5S/c1-6-30-18-11-15(12-19(31-7-2)21(18)32-8-3)23(29)25-16-9-10-20-17(13-16)26-24(33-20)27-22(28)14(4)5/h9-14H,6-8H2,1-5H3,(H,25,29)(H,26,27,28). The molecule has 0 saturated carbocycles. The van der Waals surface area contributed by atoms with Crippen molar-refractivity contribution in [1.29, 1.82) is 0 Å². The summed E-state index contributed by atoms with van der Waals surface area (Å²) in [5, 5.41) is 6.23. The topological polar surface area (TPSA) is 98.8 Å². The Labute approximate surface area is 197 Å². The highest BCUT2D eigenvalue weighted by atomic mass is 32.1. The molecule has 2 amide bonds. The van der Waals surface area contributed by atoms with E-state index in [4.69, 9.17) is 14.2 Å². The molecule has 0 aliphatic carbocycles. The Morgan fingerprint density at radius 2 is 1.58 bits per heavy atom. The molecule has 0 aliphatic heterocycles. The lowest BCUT2D eigenvalue weighted by Crippen LogP contribution is -2.17. The molecule has 0 spiro atoms. The highest BCUT2D eigenvalue weighted by Crippen LogP contribution is 2.39. The summed E-state index contributed by atoms with van der Waals surface area (Å²) in [6, 6.07) is 8.73. The SMILES string of the molecule is CCOc1cc(C(=O)Nc2ccc3sc(NC(=O)C(C)C)nc3c2)cc(OCC)c1OCC. The fraction of sp³-hybridized carbons (Fsp3) is 0.375. The molecule has 1 heterocycles. The van der Waals surface area contributed by atoms with Gasteiger partial charge in [0.05, 0.1) is 30.0 Å². The number of nitrogens with zero attached hydrogens (tertiary/aromatic N) is 1. The molecule has 0 aliphatic rings. The van der Waals surface area contributed by atoms with Crippen LogP contribution in [0.15, 0.2) is 30.3 Å². The summed E-state index contributed by atoms with van der Waals surface area (Å²) in [5.74, 6) is 0.852. The van der Waals surface area contributed by atoms with Crippen molar-refractivity contribution in [3.8, 4) is 17.2 Å². The van der Waals surface area contributed by atoms with Gasteiger partial charge in [-0.2, -0.15) is 0 Å². The normalized spacial score (nSPS) is 10.8. The van der Waals surface area contributed by atoms with Gasteiger partial charge in [0.15, 0.2) is 16.6 Å². The van der Waals surface area contributed by atoms with E-state index in [1.807, 2.05) is 40.7 Å². The highest BCUT2D eigenvalue weighted by Gasteiger charge is 2.19. The van der Waals surface area contributed by atoms with Crippen LogP contribution < -0.4 is 24.8 Å². The third-order valence-corrected chi connectivity index (χ3v) is 5.52. The van der Waals surface area contributed by atoms with Crippen LogP contribution in [0.25, 0.3) is 10.2 Å². The van der Waals surface area contributed by atoms with E-state index in [2.05, 4.69) is 15.6 Å². The van der Waals surface area contributed by atoms with E-state index in [-0.39, 0.29) is 17.7 Å². The first-order chi connectivity index (χ1) is 15.9. The summed E-state index contributed by atoms with van der Waals surface area (Å²) in [5.41, 5.74) is 1.66. The number of carbonyl (C=O) groups excluding carboxylic acids is 2. The van der Waals surface area contributed by atoms with Gasteiger partial charge in [-0.1, -0.05) is 25.2 Å². The number of rotatable bonds is 10. The van der Waals surface area contributed by atoms with Crippen LogP contribution in [0.2, 0.25) is 0 Å². The molecule has 0 saturated heterocycles. The highest BCUT2D eigenvalue weighted by molar-refractivity contribution is 7.22. The van der Waals surface area contributed by atoms with Gasteiger partial charge in [0.2, 0.25) is 11.7 Å². The number of hydrogen-bond donors (Lipinski definition) is 2. The average molecular weight is 472 g/mol. The number of benzene rings is 2. The number of hydrogen-bond acceptors (Lipinski definition) is 7. The van der Waals surface area contributed by atoms with Crippen molar-refractivity contribution in [1.82, 2.24) is 4.98 Å². The van der Waals surface area contributed by atoms with Gasteiger partial charge in [-0.3, -0.25) is 9.59 Å². The minimum Gasteiger partial charge on any atom is -0.490 e. The molecule has 176 valence electrons. The first-order valence-electron chi connectivity index (χ1n) is 10.9. The molecule has 0 fully saturated rings. The fourth-order valence-corrected chi connectivity index (χ4v) is 3.88. The molecule has 1 aromatic heterocycles. The van der Waals surface area contributed by atoms with E-state index in [9.17, 15) is 9.59 Å². The van der Waals surface area contributed by atoms with Crippen molar-refractivity contribution in [2.45, 2.75) is 34.6 Å². The monoisotopic (exact) mass is 471 g/mol. The molecule has 0 radical (unpaired) electrons. The van der Waals surface area contributed by atoms with E-state index in [1.165, 1.54) is 11.3 Å². The smallest absolute Gasteiger partial charge is 0.255 e. The van der Waals surface area contributed by atoms with Crippen LogP contribution in [-0.4, -0.2) is 36.6 Å². The largest absolute Gasteiger partial charge is 0.490 e. The lowest BCUT2D eigenvalue weighted by atomic mass is 10.1. The third-order valence-electron chi connectivity index (χ3n) is 4.57. The molecular weight excluding hydrogens is 442 g/mol. The molecule has 8 nitrogen and oxygen atoms in total. The van der Waals surface area contributed by atoms with Gasteiger partial charge in [0.25, 0.3) is 5.91 Å². The second-order valence-electron chi connectivity index (χ2n) is 7.40. The van der Waals surface area contributed by atoms with E-state index >= 15 is 0 Å². The molecule has 9 heteroatoms. The van der Waals surface area contributed by atoms with E-state index < -0.39 is 0 Å². The fourth-order valence-electron chi connectivity index (χ4n) is 3.03. The molecule has 3 rings (SSSR count). The predicted octanol–water partition coefficient (Wildman–Crippen LogP) is 5.34. The summed E-state index contributed by atoms with van der Waals surface area (Å²) in [6.07, 6.45) is 0. The van der Waals surface area contributed by atoms with Crippen LogP contribution >= 0.6 is 11.3 Å². The van der Waals surface area contributed by atoms with Crippen LogP contribution in [-0.2, 0) is 4.79 Å². The molecule has 2 N–H and O–H groups in total. The molecule has 2 aromatic carbocycles. The summed E-state index contributed by atoms with van der Waals surface area (Å²) in [4.78, 5) is 29.4. The minimum atomic E-state index is -0.317. The number of fused-ring (bicyclic) bond motifs is 1. The Balaban J connectivity index is 1.85. The summed E-state index contributed by atoms with van der Waals surface area (Å²) < 4.78 is 18.0. The van der Waals surface area contributed by atoms with Crippen LogP contribution in [0.4, 0.5) is 10.8 Å². The van der Waals surface area contributed by atoms with Gasteiger partial charge < -0.3 is 24.8 Å². The molecule has 0 atom stereocenters. The molecule has 0 bridgehead atoms. The number of carbonyl (C=O) groups is 2. The Morgan fingerprint density at radius 3 is 2.15 bits per heavy atom. The summed E-state index contributed by atoms with van der Waals surface area (Å²) in [7, 11) is 0. The number of thiazole rings is 1. The predicted molar refractivity (Wildman–Crippen MR) is 131 cm³/mol. The number of ether oxygens (including phenoxy) is 3. The first kappa shape index (κ1) is 24.3. The second-order valence-corrected chi connectivity index (χ2v) is 8.43. The second kappa shape index (κ2) is 11.0. The Morgan fingerprint density at radius 1 is 0.939 bits per heavy atom. The lowest BCUT2D eigenvalue weighted by molar-refractivity contribution is -0.118. The number of anilines is 2. The van der Waals surface area contributed by atoms with Crippen molar-refractivity contribution < 1.29 is 23.8 Å².